The number of rotatable bonds is 4. The highest BCUT2D eigenvalue weighted by Gasteiger charge is 2.38. The van der Waals surface area contributed by atoms with Crippen LogP contribution in [0.15, 0.2) is 58.3 Å². The summed E-state index contributed by atoms with van der Waals surface area (Å²) >= 11 is 1.39. The lowest BCUT2D eigenvalue weighted by atomic mass is 9.90. The molecule has 0 unspecified atom stereocenters. The number of thioether (sulfide) groups is 1. The summed E-state index contributed by atoms with van der Waals surface area (Å²) in [6.45, 7) is 0. The van der Waals surface area contributed by atoms with Crippen molar-refractivity contribution in [1.82, 2.24) is 9.58 Å². The van der Waals surface area contributed by atoms with Crippen molar-refractivity contribution in [2.75, 3.05) is 0 Å². The number of carbonyl (C=O) groups is 1. The lowest BCUT2D eigenvalue weighted by Crippen LogP contribution is -2.35. The van der Waals surface area contributed by atoms with Gasteiger partial charge in [-0.15, -0.1) is 0 Å². The zero-order chi connectivity index (χ0) is 22.2. The van der Waals surface area contributed by atoms with Crippen molar-refractivity contribution < 1.29 is 9.72 Å². The normalized spacial score (nSPS) is 20.4. The van der Waals surface area contributed by atoms with Gasteiger partial charge in [0.1, 0.15) is 5.04 Å². The summed E-state index contributed by atoms with van der Waals surface area (Å²) in [7, 11) is 0. The molecule has 2 aliphatic heterocycles. The van der Waals surface area contributed by atoms with Gasteiger partial charge in [0.25, 0.3) is 11.6 Å². The van der Waals surface area contributed by atoms with Crippen LogP contribution in [0, 0.1) is 21.4 Å². The van der Waals surface area contributed by atoms with Gasteiger partial charge in [0.2, 0.25) is 5.17 Å². The first-order chi connectivity index (χ1) is 15.5. The SMILES string of the molecule is N=C1/C(=C\c2cccn2-c2cccc([N+](=O)[O-])c2)C(=O)N=C2SC(C3CCCCC3)=NN12. The van der Waals surface area contributed by atoms with Crippen molar-refractivity contribution in [3.05, 3.63) is 64.0 Å². The number of non-ortho nitro benzene ring substituents is 1. The number of amides is 1. The lowest BCUT2D eigenvalue weighted by molar-refractivity contribution is -0.384. The van der Waals surface area contributed by atoms with E-state index in [1.807, 2.05) is 0 Å². The number of hydrogen-bond acceptors (Lipinski definition) is 6. The molecule has 0 radical (unpaired) electrons. The van der Waals surface area contributed by atoms with Gasteiger partial charge in [-0.2, -0.15) is 15.1 Å². The third-order valence-electron chi connectivity index (χ3n) is 5.82. The van der Waals surface area contributed by atoms with Gasteiger partial charge >= 0.3 is 0 Å². The van der Waals surface area contributed by atoms with Crippen molar-refractivity contribution in [3.8, 4) is 5.69 Å². The monoisotopic (exact) mass is 448 g/mol. The van der Waals surface area contributed by atoms with Crippen molar-refractivity contribution in [1.29, 1.82) is 5.41 Å². The summed E-state index contributed by atoms with van der Waals surface area (Å²) in [6.07, 6.45) is 9.08. The molecule has 1 aromatic heterocycles. The van der Waals surface area contributed by atoms with Gasteiger partial charge < -0.3 is 4.57 Å². The minimum atomic E-state index is -0.486. The molecule has 1 amide bonds. The van der Waals surface area contributed by atoms with E-state index in [1.54, 1.807) is 41.1 Å². The fraction of sp³-hybridized carbons (Fsp3) is 0.273. The first kappa shape index (κ1) is 20.4. The van der Waals surface area contributed by atoms with E-state index in [0.717, 1.165) is 17.9 Å². The third kappa shape index (κ3) is 3.66. The molecule has 1 N–H and O–H groups in total. The number of carbonyl (C=O) groups excluding carboxylic acids is 1. The van der Waals surface area contributed by atoms with Crippen LogP contribution in [-0.4, -0.2) is 36.5 Å². The molecule has 9 nitrogen and oxygen atoms in total. The van der Waals surface area contributed by atoms with Crippen LogP contribution < -0.4 is 0 Å². The number of aromatic nitrogens is 1. The van der Waals surface area contributed by atoms with Crippen LogP contribution in [0.1, 0.15) is 37.8 Å². The molecule has 10 heteroatoms. The number of nitrogens with one attached hydrogen (secondary N) is 1. The first-order valence-electron chi connectivity index (χ1n) is 10.4. The Bertz CT molecular complexity index is 1220. The van der Waals surface area contributed by atoms with Crippen molar-refractivity contribution in [2.45, 2.75) is 32.1 Å². The van der Waals surface area contributed by atoms with Crippen LogP contribution >= 0.6 is 11.8 Å². The van der Waals surface area contributed by atoms with E-state index in [1.165, 1.54) is 48.2 Å². The summed E-state index contributed by atoms with van der Waals surface area (Å²) in [5, 5.41) is 27.2. The van der Waals surface area contributed by atoms with Gasteiger partial charge in [-0.05, 0) is 48.9 Å². The Hall–Kier alpha value is -3.53. The maximum Gasteiger partial charge on any atom is 0.283 e. The number of hydrazone groups is 1. The van der Waals surface area contributed by atoms with E-state index in [9.17, 15) is 14.9 Å². The van der Waals surface area contributed by atoms with Gasteiger partial charge in [0.05, 0.1) is 16.2 Å². The van der Waals surface area contributed by atoms with Gasteiger partial charge in [0, 0.05) is 29.9 Å². The number of amidine groups is 2. The second kappa shape index (κ2) is 8.19. The van der Waals surface area contributed by atoms with E-state index >= 15 is 0 Å². The molecular weight excluding hydrogens is 428 g/mol. The number of nitrogens with zero attached hydrogens (tertiary/aromatic N) is 5. The van der Waals surface area contributed by atoms with Gasteiger partial charge in [-0.25, -0.2) is 0 Å². The second-order valence-corrected chi connectivity index (χ2v) is 8.86. The van der Waals surface area contributed by atoms with Crippen LogP contribution in [0.2, 0.25) is 0 Å². The van der Waals surface area contributed by atoms with E-state index in [-0.39, 0.29) is 17.1 Å². The Labute approximate surface area is 188 Å². The Kier molecular flexibility index (Phi) is 5.22. The van der Waals surface area contributed by atoms with Crippen LogP contribution in [0.5, 0.6) is 0 Å². The smallest absolute Gasteiger partial charge is 0.283 e. The van der Waals surface area contributed by atoms with Crippen LogP contribution in [-0.2, 0) is 4.79 Å². The molecule has 2 aromatic rings. The summed E-state index contributed by atoms with van der Waals surface area (Å²) in [6, 6.07) is 9.80. The molecule has 5 rings (SSSR count). The summed E-state index contributed by atoms with van der Waals surface area (Å²) in [4.78, 5) is 27.6. The quantitative estimate of drug-likeness (QED) is 0.417. The molecule has 1 aromatic carbocycles. The average Bonchev–Trinajstić information content (AvgIpc) is 3.44. The summed E-state index contributed by atoms with van der Waals surface area (Å²) < 4.78 is 1.73. The Morgan fingerprint density at radius 3 is 2.78 bits per heavy atom. The zero-order valence-electron chi connectivity index (χ0n) is 17.1. The van der Waals surface area contributed by atoms with Crippen LogP contribution in [0.25, 0.3) is 11.8 Å². The molecule has 162 valence electrons. The Balaban J connectivity index is 1.46. The number of nitro benzene ring substituents is 1. The molecule has 0 atom stereocenters. The summed E-state index contributed by atoms with van der Waals surface area (Å²) in [5.74, 6) is -0.130. The minimum absolute atomic E-state index is 0.00917. The van der Waals surface area contributed by atoms with Crippen LogP contribution in [0.3, 0.4) is 0 Å². The lowest BCUT2D eigenvalue weighted by Gasteiger charge is -2.20. The highest BCUT2D eigenvalue weighted by molar-refractivity contribution is 8.27. The number of fused-ring (bicyclic) bond motifs is 1. The van der Waals surface area contributed by atoms with Gasteiger partial charge in [-0.3, -0.25) is 20.3 Å². The first-order valence-corrected chi connectivity index (χ1v) is 11.3. The minimum Gasteiger partial charge on any atom is -0.317 e. The van der Waals surface area contributed by atoms with Crippen molar-refractivity contribution in [3.63, 3.8) is 0 Å². The highest BCUT2D eigenvalue weighted by Crippen LogP contribution is 2.36. The van der Waals surface area contributed by atoms with Crippen molar-refractivity contribution >= 4 is 45.5 Å². The number of aliphatic imine (C=N–C) groups is 1. The standard InChI is InChI=1S/C22H20N6O3S/c23-19-18(13-16-10-5-11-26(16)15-8-4-9-17(12-15)28(30)31)20(29)24-22-27(19)25-21(32-22)14-6-2-1-3-7-14/h4-5,8-14,23H,1-3,6-7H2/b18-13+,23-19?. The molecule has 1 aliphatic carbocycles. The van der Waals surface area contributed by atoms with E-state index in [0.29, 0.717) is 22.5 Å². The Morgan fingerprint density at radius 2 is 2.00 bits per heavy atom. The Morgan fingerprint density at radius 1 is 1.19 bits per heavy atom. The molecule has 1 fully saturated rings. The number of benzene rings is 1. The highest BCUT2D eigenvalue weighted by atomic mass is 32.2. The molecular formula is C22H20N6O3S. The maximum atomic E-state index is 12.8. The zero-order valence-corrected chi connectivity index (χ0v) is 17.9. The molecule has 1 saturated carbocycles. The van der Waals surface area contributed by atoms with Crippen LogP contribution in [0.4, 0.5) is 5.69 Å². The summed E-state index contributed by atoms with van der Waals surface area (Å²) in [5.41, 5.74) is 1.31. The largest absolute Gasteiger partial charge is 0.317 e. The van der Waals surface area contributed by atoms with E-state index in [4.69, 9.17) is 5.41 Å². The number of nitro groups is 1. The molecule has 3 heterocycles. The predicted molar refractivity (Wildman–Crippen MR) is 124 cm³/mol. The van der Waals surface area contributed by atoms with Crippen molar-refractivity contribution in [2.24, 2.45) is 16.0 Å². The second-order valence-electron chi connectivity index (χ2n) is 7.87. The molecule has 32 heavy (non-hydrogen) atoms. The third-order valence-corrected chi connectivity index (χ3v) is 6.89. The topological polar surface area (TPSA) is 117 Å². The molecule has 3 aliphatic rings. The fourth-order valence-electron chi connectivity index (χ4n) is 4.17. The number of hydrogen-bond donors (Lipinski definition) is 1. The van der Waals surface area contributed by atoms with E-state index < -0.39 is 10.8 Å². The van der Waals surface area contributed by atoms with Gasteiger partial charge in [-0.1, -0.05) is 25.3 Å². The molecule has 0 saturated heterocycles. The van der Waals surface area contributed by atoms with E-state index in [2.05, 4.69) is 10.1 Å². The average molecular weight is 449 g/mol. The fourth-order valence-corrected chi connectivity index (χ4v) is 5.23. The molecule has 0 spiro atoms. The molecule has 0 bridgehead atoms. The van der Waals surface area contributed by atoms with Gasteiger partial charge in [0.15, 0.2) is 5.84 Å². The maximum absolute atomic E-state index is 12.8. The predicted octanol–water partition coefficient (Wildman–Crippen LogP) is 4.58.